The van der Waals surface area contributed by atoms with E-state index in [0.29, 0.717) is 0 Å². The average Bonchev–Trinajstić information content (AvgIpc) is 3.28. The molecule has 14 heteroatoms. The molecular weight excluding hydrogens is 539 g/mol. The van der Waals surface area contributed by atoms with E-state index >= 15 is 0 Å². The number of anilines is 1. The zero-order valence-corrected chi connectivity index (χ0v) is 21.1. The largest absolute Gasteiger partial charge is 0.444 e. The van der Waals surface area contributed by atoms with Crippen LogP contribution < -0.4 is 5.32 Å². The summed E-state index contributed by atoms with van der Waals surface area (Å²) in [6.07, 6.45) is -10.8. The molecule has 1 fully saturated rings. The lowest BCUT2D eigenvalue weighted by atomic mass is 9.83. The maximum Gasteiger partial charge on any atom is 0.423 e. The molecule has 2 amide bonds. The summed E-state index contributed by atoms with van der Waals surface area (Å²) in [4.78, 5) is 29.2. The van der Waals surface area contributed by atoms with Gasteiger partial charge in [-0.1, -0.05) is 12.1 Å². The number of pyridine rings is 1. The van der Waals surface area contributed by atoms with Crippen LogP contribution in [0.25, 0.3) is 0 Å². The Balaban J connectivity index is 2.04. The molecule has 2 unspecified atom stereocenters. The topological polar surface area (TPSA) is 80.8 Å². The SMILES string of the molecule is CC(C)(C)OC(=O)N1CCCC1C(OCC(F)(F)F)(c1ccc(NC(=O)c2cccnc2F)cc1)C(F)(F)F. The van der Waals surface area contributed by atoms with Gasteiger partial charge in [0.15, 0.2) is 0 Å². The highest BCUT2D eigenvalue weighted by atomic mass is 19.4. The number of nitrogens with zero attached hydrogens (tertiary/aromatic N) is 2. The first-order chi connectivity index (χ1) is 17.9. The van der Waals surface area contributed by atoms with Crippen molar-refractivity contribution in [3.05, 3.63) is 59.7 Å². The number of hydrogen-bond donors (Lipinski definition) is 1. The quantitative estimate of drug-likeness (QED) is 0.333. The van der Waals surface area contributed by atoms with E-state index in [1.807, 2.05) is 0 Å². The molecule has 7 nitrogen and oxygen atoms in total. The van der Waals surface area contributed by atoms with E-state index in [1.165, 1.54) is 26.8 Å². The highest BCUT2D eigenvalue weighted by Crippen LogP contribution is 2.50. The highest BCUT2D eigenvalue weighted by molar-refractivity contribution is 6.04. The summed E-state index contributed by atoms with van der Waals surface area (Å²) in [7, 11) is 0. The molecule has 3 rings (SSSR count). The fraction of sp³-hybridized carbons (Fsp3) is 0.480. The number of hydrogen-bond acceptors (Lipinski definition) is 5. The van der Waals surface area contributed by atoms with E-state index in [0.717, 1.165) is 41.4 Å². The maximum atomic E-state index is 14.8. The molecule has 2 heterocycles. The third-order valence-electron chi connectivity index (χ3n) is 5.81. The van der Waals surface area contributed by atoms with Crippen LogP contribution in [0, 0.1) is 5.95 Å². The predicted molar refractivity (Wildman–Crippen MR) is 124 cm³/mol. The van der Waals surface area contributed by atoms with Gasteiger partial charge in [-0.2, -0.15) is 30.7 Å². The molecule has 1 aromatic carbocycles. The number of rotatable bonds is 6. The highest BCUT2D eigenvalue weighted by Gasteiger charge is 2.65. The van der Waals surface area contributed by atoms with E-state index in [2.05, 4.69) is 10.3 Å². The first-order valence-electron chi connectivity index (χ1n) is 11.7. The zero-order valence-electron chi connectivity index (χ0n) is 21.1. The van der Waals surface area contributed by atoms with Crippen LogP contribution in [0.1, 0.15) is 49.5 Å². The van der Waals surface area contributed by atoms with Gasteiger partial charge >= 0.3 is 18.4 Å². The van der Waals surface area contributed by atoms with Crippen LogP contribution in [-0.4, -0.2) is 59.0 Å². The van der Waals surface area contributed by atoms with Gasteiger partial charge in [0.2, 0.25) is 11.5 Å². The first-order valence-corrected chi connectivity index (χ1v) is 11.7. The molecule has 0 saturated carbocycles. The molecule has 2 aromatic rings. The van der Waals surface area contributed by atoms with Crippen LogP contribution in [0.5, 0.6) is 0 Å². The van der Waals surface area contributed by atoms with Crippen LogP contribution in [0.2, 0.25) is 0 Å². The summed E-state index contributed by atoms with van der Waals surface area (Å²) in [6.45, 7) is 2.05. The smallest absolute Gasteiger partial charge is 0.423 e. The minimum atomic E-state index is -5.42. The number of carbonyl (C=O) groups is 2. The third kappa shape index (κ3) is 6.97. The van der Waals surface area contributed by atoms with Gasteiger partial charge in [-0.25, -0.2) is 9.78 Å². The molecule has 0 radical (unpaired) electrons. The summed E-state index contributed by atoms with van der Waals surface area (Å²) >= 11 is 0. The van der Waals surface area contributed by atoms with Crippen molar-refractivity contribution in [2.75, 3.05) is 18.5 Å². The molecule has 214 valence electrons. The fourth-order valence-electron chi connectivity index (χ4n) is 4.29. The second-order valence-corrected chi connectivity index (χ2v) is 9.84. The Morgan fingerprint density at radius 2 is 1.69 bits per heavy atom. The summed E-state index contributed by atoms with van der Waals surface area (Å²) in [5.41, 5.74) is -5.90. The normalized spacial score (nSPS) is 18.0. The predicted octanol–water partition coefficient (Wildman–Crippen LogP) is 6.21. The molecule has 2 atom stereocenters. The number of ether oxygens (including phenoxy) is 2. The Hall–Kier alpha value is -3.42. The van der Waals surface area contributed by atoms with E-state index in [1.54, 1.807) is 0 Å². The zero-order chi connectivity index (χ0) is 29.2. The van der Waals surface area contributed by atoms with Gasteiger partial charge in [0.1, 0.15) is 12.2 Å². The van der Waals surface area contributed by atoms with Crippen LogP contribution in [0.3, 0.4) is 0 Å². The third-order valence-corrected chi connectivity index (χ3v) is 5.81. The van der Waals surface area contributed by atoms with E-state index in [4.69, 9.17) is 9.47 Å². The van der Waals surface area contributed by atoms with Crippen LogP contribution in [0.4, 0.5) is 41.2 Å². The number of nitrogens with one attached hydrogen (secondary N) is 1. The van der Waals surface area contributed by atoms with Gasteiger partial charge in [-0.05, 0) is 63.4 Å². The van der Waals surface area contributed by atoms with Gasteiger partial charge in [0, 0.05) is 18.4 Å². The molecule has 1 aliphatic heterocycles. The summed E-state index contributed by atoms with van der Waals surface area (Å²) in [5, 5.41) is 2.29. The second kappa shape index (κ2) is 11.0. The number of benzene rings is 1. The van der Waals surface area contributed by atoms with Crippen molar-refractivity contribution in [1.82, 2.24) is 9.88 Å². The number of likely N-dealkylation sites (tertiary alicyclic amines) is 1. The van der Waals surface area contributed by atoms with Crippen molar-refractivity contribution in [2.24, 2.45) is 0 Å². The van der Waals surface area contributed by atoms with Crippen molar-refractivity contribution >= 4 is 17.7 Å². The molecule has 0 bridgehead atoms. The number of alkyl halides is 6. The van der Waals surface area contributed by atoms with E-state index in [9.17, 15) is 40.3 Å². The van der Waals surface area contributed by atoms with Crippen LogP contribution in [-0.2, 0) is 15.1 Å². The number of aromatic nitrogens is 1. The lowest BCUT2D eigenvalue weighted by molar-refractivity contribution is -0.324. The van der Waals surface area contributed by atoms with Crippen molar-refractivity contribution in [2.45, 2.75) is 63.2 Å². The first kappa shape index (κ1) is 30.1. The minimum Gasteiger partial charge on any atom is -0.444 e. The van der Waals surface area contributed by atoms with Crippen LogP contribution in [0.15, 0.2) is 42.6 Å². The molecule has 39 heavy (non-hydrogen) atoms. The minimum absolute atomic E-state index is 0.0575. The monoisotopic (exact) mass is 565 g/mol. The van der Waals surface area contributed by atoms with Crippen molar-refractivity contribution in [3.63, 3.8) is 0 Å². The molecule has 1 N–H and O–H groups in total. The Morgan fingerprint density at radius 1 is 1.05 bits per heavy atom. The van der Waals surface area contributed by atoms with Crippen molar-refractivity contribution < 1.29 is 49.8 Å². The number of halogens is 7. The standard InChI is InChI=1S/C25H26F7N3O4/c1-22(2,3)39-21(37)35-13-5-7-18(35)24(25(30,31)32,38-14-23(27,28)29)15-8-10-16(11-9-15)34-20(36)17-6-4-12-33-19(17)26/h4,6,8-12,18H,5,7,13-14H2,1-3H3,(H,34,36). The van der Waals surface area contributed by atoms with E-state index in [-0.39, 0.29) is 25.1 Å². The van der Waals surface area contributed by atoms with Gasteiger partial charge in [-0.15, -0.1) is 0 Å². The van der Waals surface area contributed by atoms with Gasteiger partial charge in [0.25, 0.3) is 5.91 Å². The lowest BCUT2D eigenvalue weighted by Gasteiger charge is -2.44. The van der Waals surface area contributed by atoms with Gasteiger partial charge < -0.3 is 19.7 Å². The molecule has 1 aromatic heterocycles. The Morgan fingerprint density at radius 3 is 2.23 bits per heavy atom. The molecule has 1 aliphatic rings. The molecule has 0 aliphatic carbocycles. The summed E-state index contributed by atoms with van der Waals surface area (Å²) in [6, 6.07) is 4.23. The molecule has 1 saturated heterocycles. The molecule has 0 spiro atoms. The number of carbonyl (C=O) groups excluding carboxylic acids is 2. The van der Waals surface area contributed by atoms with Crippen molar-refractivity contribution in [3.8, 4) is 0 Å². The fourth-order valence-corrected chi connectivity index (χ4v) is 4.29. The van der Waals surface area contributed by atoms with Gasteiger partial charge in [0.05, 0.1) is 11.6 Å². The Bertz CT molecular complexity index is 1180. The summed E-state index contributed by atoms with van der Waals surface area (Å²) < 4.78 is 108. The Labute approximate surface area is 219 Å². The number of amides is 2. The molecular formula is C25H26F7N3O4. The van der Waals surface area contributed by atoms with Gasteiger partial charge in [-0.3, -0.25) is 4.79 Å². The maximum absolute atomic E-state index is 14.8. The van der Waals surface area contributed by atoms with Crippen LogP contribution >= 0.6 is 0 Å². The summed E-state index contributed by atoms with van der Waals surface area (Å²) in [5.74, 6) is -2.03. The van der Waals surface area contributed by atoms with E-state index < -0.39 is 65.3 Å². The Kier molecular flexibility index (Phi) is 8.49. The van der Waals surface area contributed by atoms with Crippen molar-refractivity contribution in [1.29, 1.82) is 0 Å². The lowest BCUT2D eigenvalue weighted by Crippen LogP contribution is -2.60. The second-order valence-electron chi connectivity index (χ2n) is 9.84. The average molecular weight is 565 g/mol.